The van der Waals surface area contributed by atoms with Crippen LogP contribution in [0.5, 0.6) is 0 Å². The molecule has 0 saturated carbocycles. The Morgan fingerprint density at radius 2 is 1.88 bits per heavy atom. The smallest absolute Gasteiger partial charge is 0.191 e. The third-order valence-corrected chi connectivity index (χ3v) is 5.44. The van der Waals surface area contributed by atoms with Crippen molar-refractivity contribution >= 4 is 41.3 Å². The maximum Gasteiger partial charge on any atom is 0.191 e. The van der Waals surface area contributed by atoms with Gasteiger partial charge in [0.05, 0.1) is 10.7 Å². The Kier molecular flexibility index (Phi) is 9.42. The fourth-order valence-electron chi connectivity index (χ4n) is 2.68. The van der Waals surface area contributed by atoms with E-state index in [0.717, 1.165) is 29.6 Å². The second-order valence-corrected chi connectivity index (χ2v) is 7.41. The van der Waals surface area contributed by atoms with E-state index in [1.165, 1.54) is 10.4 Å². The van der Waals surface area contributed by atoms with Crippen molar-refractivity contribution < 1.29 is 0 Å². The van der Waals surface area contributed by atoms with E-state index in [2.05, 4.69) is 78.6 Å². The van der Waals surface area contributed by atoms with Crippen LogP contribution in [0.4, 0.5) is 0 Å². The van der Waals surface area contributed by atoms with Gasteiger partial charge in [0.15, 0.2) is 5.96 Å². The van der Waals surface area contributed by atoms with Crippen LogP contribution < -0.4 is 10.6 Å². The fraction of sp³-hybridized carbons (Fsp3) is 0.474. The van der Waals surface area contributed by atoms with Crippen LogP contribution in [0.15, 0.2) is 35.3 Å². The molecule has 2 rings (SSSR count). The van der Waals surface area contributed by atoms with Gasteiger partial charge in [0.1, 0.15) is 0 Å². The predicted molar refractivity (Wildman–Crippen MR) is 120 cm³/mol. The summed E-state index contributed by atoms with van der Waals surface area (Å²) in [6, 6.07) is 10.9. The summed E-state index contributed by atoms with van der Waals surface area (Å²) in [5, 5.41) is 8.04. The highest BCUT2D eigenvalue weighted by atomic mass is 127. The van der Waals surface area contributed by atoms with E-state index in [-0.39, 0.29) is 24.0 Å². The highest BCUT2D eigenvalue weighted by Gasteiger charge is 2.15. The highest BCUT2D eigenvalue weighted by molar-refractivity contribution is 14.0. The molecule has 25 heavy (non-hydrogen) atoms. The second-order valence-electron chi connectivity index (χ2n) is 6.12. The maximum absolute atomic E-state index is 4.48. The number of aromatic nitrogens is 1. The summed E-state index contributed by atoms with van der Waals surface area (Å²) in [5.74, 6) is 1.26. The van der Waals surface area contributed by atoms with Crippen molar-refractivity contribution in [2.24, 2.45) is 4.99 Å². The van der Waals surface area contributed by atoms with Gasteiger partial charge in [0, 0.05) is 36.9 Å². The van der Waals surface area contributed by atoms with Gasteiger partial charge in [-0.1, -0.05) is 37.3 Å². The lowest BCUT2D eigenvalue weighted by atomic mass is 9.94. The number of rotatable bonds is 6. The van der Waals surface area contributed by atoms with E-state index in [0.29, 0.717) is 12.0 Å². The quantitative estimate of drug-likeness (QED) is 0.375. The number of benzene rings is 1. The van der Waals surface area contributed by atoms with Crippen molar-refractivity contribution in [2.45, 2.75) is 46.1 Å². The molecule has 4 nitrogen and oxygen atoms in total. The predicted octanol–water partition coefficient (Wildman–Crippen LogP) is 4.28. The average molecular weight is 472 g/mol. The molecule has 0 fully saturated rings. The number of hydrogen-bond donors (Lipinski definition) is 2. The van der Waals surface area contributed by atoms with Gasteiger partial charge in [-0.05, 0) is 26.3 Å². The summed E-state index contributed by atoms with van der Waals surface area (Å²) in [7, 11) is 1.82. The number of thiazole rings is 1. The summed E-state index contributed by atoms with van der Waals surface area (Å²) in [6.07, 6.45) is 0.973. The monoisotopic (exact) mass is 472 g/mol. The van der Waals surface area contributed by atoms with Crippen molar-refractivity contribution in [2.75, 3.05) is 13.6 Å². The standard InChI is InChI=1S/C19H28N4S.HI/c1-13(17-9-7-6-8-10-17)14(2)23-19(20-5)21-12-11-18-15(3)22-16(4)24-18;/h6-10,13-14H,11-12H2,1-5H3,(H2,20,21,23);1H. The molecule has 0 aliphatic heterocycles. The zero-order chi connectivity index (χ0) is 17.5. The highest BCUT2D eigenvalue weighted by Crippen LogP contribution is 2.19. The van der Waals surface area contributed by atoms with Gasteiger partial charge in [0.2, 0.25) is 0 Å². The normalized spacial score (nSPS) is 13.7. The van der Waals surface area contributed by atoms with Crippen LogP contribution >= 0.6 is 35.3 Å². The summed E-state index contributed by atoms with van der Waals surface area (Å²) < 4.78 is 0. The molecule has 0 spiro atoms. The van der Waals surface area contributed by atoms with Gasteiger partial charge in [-0.3, -0.25) is 4.99 Å². The number of nitrogens with zero attached hydrogens (tertiary/aromatic N) is 2. The first-order valence-corrected chi connectivity index (χ1v) is 9.28. The first-order valence-electron chi connectivity index (χ1n) is 8.46. The van der Waals surface area contributed by atoms with Crippen molar-refractivity contribution in [3.05, 3.63) is 51.5 Å². The molecule has 2 aromatic rings. The molecular weight excluding hydrogens is 443 g/mol. The average Bonchev–Trinajstić information content (AvgIpc) is 2.91. The minimum atomic E-state index is 0. The molecule has 0 saturated heterocycles. The van der Waals surface area contributed by atoms with Crippen LogP contribution in [-0.4, -0.2) is 30.6 Å². The third-order valence-electron chi connectivity index (χ3n) is 4.31. The van der Waals surface area contributed by atoms with Gasteiger partial charge >= 0.3 is 0 Å². The molecule has 1 aromatic carbocycles. The molecule has 2 unspecified atom stereocenters. The van der Waals surface area contributed by atoms with E-state index >= 15 is 0 Å². The lowest BCUT2D eigenvalue weighted by Gasteiger charge is -2.24. The van der Waals surface area contributed by atoms with Crippen LogP contribution in [0.25, 0.3) is 0 Å². The van der Waals surface area contributed by atoms with Crippen molar-refractivity contribution in [3.8, 4) is 0 Å². The van der Waals surface area contributed by atoms with Crippen LogP contribution in [0.1, 0.15) is 40.9 Å². The number of hydrogen-bond acceptors (Lipinski definition) is 3. The molecule has 1 aromatic heterocycles. The SMILES string of the molecule is CN=C(NCCc1sc(C)nc1C)NC(C)C(C)c1ccccc1.I. The molecule has 2 atom stereocenters. The zero-order valence-electron chi connectivity index (χ0n) is 15.7. The Bertz CT molecular complexity index is 669. The Morgan fingerprint density at radius 1 is 1.20 bits per heavy atom. The van der Waals surface area contributed by atoms with Crippen LogP contribution in [0.3, 0.4) is 0 Å². The lowest BCUT2D eigenvalue weighted by Crippen LogP contribution is -2.44. The first kappa shape index (κ1) is 21.9. The molecule has 0 amide bonds. The maximum atomic E-state index is 4.48. The van der Waals surface area contributed by atoms with Gasteiger partial charge < -0.3 is 10.6 Å². The van der Waals surface area contributed by atoms with E-state index in [1.54, 1.807) is 11.3 Å². The lowest BCUT2D eigenvalue weighted by molar-refractivity contribution is 0.550. The number of aliphatic imine (C=N–C) groups is 1. The second kappa shape index (κ2) is 10.8. The molecule has 0 bridgehead atoms. The van der Waals surface area contributed by atoms with Gasteiger partial charge in [-0.2, -0.15) is 0 Å². The summed E-state index contributed by atoms with van der Waals surface area (Å²) >= 11 is 1.78. The first-order chi connectivity index (χ1) is 11.5. The van der Waals surface area contributed by atoms with Crippen LogP contribution in [-0.2, 0) is 6.42 Å². The van der Waals surface area contributed by atoms with E-state index in [4.69, 9.17) is 0 Å². The zero-order valence-corrected chi connectivity index (χ0v) is 18.8. The fourth-order valence-corrected chi connectivity index (χ4v) is 3.62. The van der Waals surface area contributed by atoms with E-state index < -0.39 is 0 Å². The molecule has 138 valence electrons. The molecule has 0 radical (unpaired) electrons. The van der Waals surface area contributed by atoms with Crippen LogP contribution in [0, 0.1) is 13.8 Å². The topological polar surface area (TPSA) is 49.3 Å². The van der Waals surface area contributed by atoms with Crippen molar-refractivity contribution in [3.63, 3.8) is 0 Å². The Morgan fingerprint density at radius 3 is 2.44 bits per heavy atom. The number of nitrogens with one attached hydrogen (secondary N) is 2. The minimum absolute atomic E-state index is 0. The molecule has 2 N–H and O–H groups in total. The Balaban J connectivity index is 0.00000312. The van der Waals surface area contributed by atoms with Crippen molar-refractivity contribution in [1.29, 1.82) is 0 Å². The Hall–Kier alpha value is -1.15. The van der Waals surface area contributed by atoms with E-state index in [9.17, 15) is 0 Å². The molecule has 0 aliphatic carbocycles. The van der Waals surface area contributed by atoms with Crippen LogP contribution in [0.2, 0.25) is 0 Å². The summed E-state index contributed by atoms with van der Waals surface area (Å²) in [5.41, 5.74) is 2.48. The summed E-state index contributed by atoms with van der Waals surface area (Å²) in [4.78, 5) is 10.2. The minimum Gasteiger partial charge on any atom is -0.356 e. The molecule has 6 heteroatoms. The van der Waals surface area contributed by atoms with Gasteiger partial charge in [-0.15, -0.1) is 35.3 Å². The van der Waals surface area contributed by atoms with Gasteiger partial charge in [-0.25, -0.2) is 4.98 Å². The molecule has 1 heterocycles. The largest absolute Gasteiger partial charge is 0.356 e. The number of guanidine groups is 1. The number of aryl methyl sites for hydroxylation is 2. The third kappa shape index (κ3) is 6.58. The number of halogens is 1. The molecule has 0 aliphatic rings. The van der Waals surface area contributed by atoms with Crippen molar-refractivity contribution in [1.82, 2.24) is 15.6 Å². The molecular formula is C19H29IN4S. The van der Waals surface area contributed by atoms with Gasteiger partial charge in [0.25, 0.3) is 0 Å². The van der Waals surface area contributed by atoms with E-state index in [1.807, 2.05) is 7.05 Å². The summed E-state index contributed by atoms with van der Waals surface area (Å²) in [6.45, 7) is 9.43. The Labute approximate surface area is 172 Å².